The molecule has 0 aromatic heterocycles. The van der Waals surface area contributed by atoms with Crippen LogP contribution in [0.15, 0.2) is 0 Å². The second-order valence-electron chi connectivity index (χ2n) is 4.05. The number of aliphatic hydroxyl groups excluding tert-OH is 3. The lowest BCUT2D eigenvalue weighted by Gasteiger charge is -2.36. The highest BCUT2D eigenvalue weighted by molar-refractivity contribution is 8.17. The van der Waals surface area contributed by atoms with Crippen LogP contribution in [0.5, 0.6) is 0 Å². The van der Waals surface area contributed by atoms with E-state index in [4.69, 9.17) is 10.2 Å². The van der Waals surface area contributed by atoms with Crippen molar-refractivity contribution in [3.8, 4) is 0 Å². The molecule has 17 heavy (non-hydrogen) atoms. The maximum Gasteiger partial charge on any atom is 0.109 e. The van der Waals surface area contributed by atoms with Gasteiger partial charge in [-0.1, -0.05) is 13.3 Å². The molecule has 0 aliphatic carbocycles. The van der Waals surface area contributed by atoms with Gasteiger partial charge >= 0.3 is 0 Å². The van der Waals surface area contributed by atoms with Crippen molar-refractivity contribution < 1.29 is 20.4 Å². The molecule has 4 nitrogen and oxygen atoms in total. The van der Waals surface area contributed by atoms with Crippen LogP contribution >= 0.6 is 23.5 Å². The first-order valence-corrected chi connectivity index (χ1v) is 7.95. The first-order valence-electron chi connectivity index (χ1n) is 5.86. The molecule has 0 aliphatic rings. The first-order chi connectivity index (χ1) is 8.00. The van der Waals surface area contributed by atoms with E-state index in [2.05, 4.69) is 0 Å². The van der Waals surface area contributed by atoms with Gasteiger partial charge in [0.25, 0.3) is 0 Å². The minimum atomic E-state index is -1.21. The summed E-state index contributed by atoms with van der Waals surface area (Å²) < 4.78 is -0.247. The molecule has 0 spiro atoms. The Balaban J connectivity index is 4.49. The Labute approximate surface area is 112 Å². The van der Waals surface area contributed by atoms with E-state index >= 15 is 0 Å². The van der Waals surface area contributed by atoms with E-state index in [-0.39, 0.29) is 17.8 Å². The van der Waals surface area contributed by atoms with Gasteiger partial charge in [-0.15, -0.1) is 23.5 Å². The van der Waals surface area contributed by atoms with Crippen LogP contribution in [0.3, 0.4) is 0 Å². The zero-order valence-corrected chi connectivity index (χ0v) is 12.1. The van der Waals surface area contributed by atoms with Gasteiger partial charge in [0.1, 0.15) is 5.60 Å². The highest BCUT2D eigenvalue weighted by Crippen LogP contribution is 2.36. The lowest BCUT2D eigenvalue weighted by molar-refractivity contribution is -0.0531. The Morgan fingerprint density at radius 3 is 1.94 bits per heavy atom. The van der Waals surface area contributed by atoms with Crippen LogP contribution in [0.25, 0.3) is 0 Å². The predicted molar refractivity (Wildman–Crippen MR) is 74.4 cm³/mol. The fraction of sp³-hybridized carbons (Fsp3) is 1.00. The molecular weight excluding hydrogens is 260 g/mol. The molecule has 0 aromatic rings. The highest BCUT2D eigenvalue weighted by Gasteiger charge is 2.38. The van der Waals surface area contributed by atoms with Crippen LogP contribution < -0.4 is 0 Å². The largest absolute Gasteiger partial charge is 0.396 e. The van der Waals surface area contributed by atoms with E-state index in [1.54, 1.807) is 6.92 Å². The summed E-state index contributed by atoms with van der Waals surface area (Å²) in [4.78, 5) is 0. The molecule has 0 saturated heterocycles. The Hall–Kier alpha value is 0.540. The topological polar surface area (TPSA) is 80.9 Å². The zero-order valence-electron chi connectivity index (χ0n) is 10.5. The molecule has 2 unspecified atom stereocenters. The van der Waals surface area contributed by atoms with Crippen LogP contribution in [-0.2, 0) is 0 Å². The fourth-order valence-electron chi connectivity index (χ4n) is 1.43. The number of aliphatic hydroxyl groups is 4. The molecule has 0 saturated carbocycles. The minimum absolute atomic E-state index is 0.0425. The van der Waals surface area contributed by atoms with Crippen LogP contribution in [0.1, 0.15) is 26.7 Å². The second-order valence-corrected chi connectivity index (χ2v) is 6.78. The van der Waals surface area contributed by atoms with Crippen LogP contribution in [0.4, 0.5) is 0 Å². The fourth-order valence-corrected chi connectivity index (χ4v) is 4.02. The van der Waals surface area contributed by atoms with Crippen LogP contribution in [-0.4, -0.2) is 61.4 Å². The standard InChI is InChI=1S/C11H24O4S2/c1-3-4-9(14)11(2,15)10(16-7-5-12)17-8-6-13/h9-10,12-15H,3-8H2,1-2H3. The molecule has 104 valence electrons. The van der Waals surface area contributed by atoms with Crippen molar-refractivity contribution in [3.05, 3.63) is 0 Å². The average Bonchev–Trinajstić information content (AvgIpc) is 2.29. The van der Waals surface area contributed by atoms with E-state index in [1.807, 2.05) is 6.92 Å². The van der Waals surface area contributed by atoms with Crippen molar-refractivity contribution >= 4 is 23.5 Å². The summed E-state index contributed by atoms with van der Waals surface area (Å²) in [5, 5.41) is 38.0. The molecule has 0 bridgehead atoms. The minimum Gasteiger partial charge on any atom is -0.396 e. The van der Waals surface area contributed by atoms with Crippen molar-refractivity contribution in [1.82, 2.24) is 0 Å². The first kappa shape index (κ1) is 17.5. The third kappa shape index (κ3) is 6.31. The Morgan fingerprint density at radius 1 is 1.12 bits per heavy atom. The molecule has 6 heteroatoms. The summed E-state index contributed by atoms with van der Waals surface area (Å²) in [5.74, 6) is 1.02. The van der Waals surface area contributed by atoms with Gasteiger partial charge in [0.05, 0.1) is 23.9 Å². The molecule has 0 radical (unpaired) electrons. The Bertz CT molecular complexity index is 182. The summed E-state index contributed by atoms with van der Waals surface area (Å²) in [5.41, 5.74) is -1.21. The molecular formula is C11H24O4S2. The monoisotopic (exact) mass is 284 g/mol. The molecule has 0 amide bonds. The van der Waals surface area contributed by atoms with E-state index in [1.165, 1.54) is 23.5 Å². The molecule has 4 N–H and O–H groups in total. The zero-order chi connectivity index (χ0) is 13.3. The summed E-state index contributed by atoms with van der Waals surface area (Å²) in [6.45, 7) is 3.66. The van der Waals surface area contributed by atoms with Crippen molar-refractivity contribution in [1.29, 1.82) is 0 Å². The van der Waals surface area contributed by atoms with E-state index < -0.39 is 11.7 Å². The number of hydrogen-bond donors (Lipinski definition) is 4. The van der Waals surface area contributed by atoms with Gasteiger partial charge in [0.15, 0.2) is 0 Å². The molecule has 0 heterocycles. The van der Waals surface area contributed by atoms with Crippen molar-refractivity contribution in [3.63, 3.8) is 0 Å². The average molecular weight is 284 g/mol. The molecule has 0 aromatic carbocycles. The SMILES string of the molecule is CCCC(O)C(C)(O)C(SCCO)SCCO. The van der Waals surface area contributed by atoms with Gasteiger partial charge < -0.3 is 20.4 Å². The summed E-state index contributed by atoms with van der Waals surface area (Å²) in [6.07, 6.45) is 0.567. The summed E-state index contributed by atoms with van der Waals surface area (Å²) in [6, 6.07) is 0. The van der Waals surface area contributed by atoms with Gasteiger partial charge in [-0.2, -0.15) is 0 Å². The second kappa shape index (κ2) is 9.47. The van der Waals surface area contributed by atoms with Crippen molar-refractivity contribution in [2.45, 2.75) is 43.0 Å². The van der Waals surface area contributed by atoms with Gasteiger partial charge in [-0.3, -0.25) is 0 Å². The lowest BCUT2D eigenvalue weighted by atomic mass is 9.97. The van der Waals surface area contributed by atoms with E-state index in [0.29, 0.717) is 17.9 Å². The number of hydrogen-bond acceptors (Lipinski definition) is 6. The van der Waals surface area contributed by atoms with Gasteiger partial charge in [-0.25, -0.2) is 0 Å². The van der Waals surface area contributed by atoms with Gasteiger partial charge in [-0.05, 0) is 13.3 Å². The van der Waals surface area contributed by atoms with E-state index in [9.17, 15) is 10.2 Å². The third-order valence-corrected chi connectivity index (χ3v) is 5.65. The van der Waals surface area contributed by atoms with Crippen molar-refractivity contribution in [2.24, 2.45) is 0 Å². The van der Waals surface area contributed by atoms with Crippen LogP contribution in [0.2, 0.25) is 0 Å². The summed E-state index contributed by atoms with van der Waals surface area (Å²) in [7, 11) is 0. The number of rotatable bonds is 10. The maximum atomic E-state index is 10.4. The highest BCUT2D eigenvalue weighted by atomic mass is 32.2. The molecule has 0 fully saturated rings. The third-order valence-electron chi connectivity index (χ3n) is 2.43. The van der Waals surface area contributed by atoms with Gasteiger partial charge in [0.2, 0.25) is 0 Å². The molecule has 0 aliphatic heterocycles. The molecule has 0 rings (SSSR count). The smallest absolute Gasteiger partial charge is 0.109 e. The summed E-state index contributed by atoms with van der Waals surface area (Å²) >= 11 is 2.83. The van der Waals surface area contributed by atoms with E-state index in [0.717, 1.165) is 6.42 Å². The lowest BCUT2D eigenvalue weighted by Crippen LogP contribution is -2.47. The van der Waals surface area contributed by atoms with Crippen LogP contribution in [0, 0.1) is 0 Å². The predicted octanol–water partition coefficient (Wildman–Crippen LogP) is 0.675. The number of thioether (sulfide) groups is 2. The molecule has 2 atom stereocenters. The quantitative estimate of drug-likeness (QED) is 0.442. The Kier molecular flexibility index (Phi) is 9.77. The Morgan fingerprint density at radius 2 is 1.59 bits per heavy atom. The normalized spacial score (nSPS) is 17.1. The van der Waals surface area contributed by atoms with Gasteiger partial charge in [0, 0.05) is 11.5 Å². The van der Waals surface area contributed by atoms with Crippen molar-refractivity contribution in [2.75, 3.05) is 24.7 Å². The maximum absolute atomic E-state index is 10.4.